The molecule has 0 saturated carbocycles. The highest BCUT2D eigenvalue weighted by molar-refractivity contribution is 6.35. The normalized spacial score (nSPS) is 13.8. The summed E-state index contributed by atoms with van der Waals surface area (Å²) in [6.45, 7) is 6.35. The lowest BCUT2D eigenvalue weighted by Crippen LogP contribution is -2.40. The van der Waals surface area contributed by atoms with E-state index < -0.39 is 6.17 Å². The summed E-state index contributed by atoms with van der Waals surface area (Å²) in [6.07, 6.45) is -0.646. The number of rotatable bonds is 4. The third-order valence-corrected chi connectivity index (χ3v) is 2.90. The third-order valence-electron chi connectivity index (χ3n) is 2.31. The standard InChI is InChI=1S/C13H18Cl2FN/c1-13(2,3)17-8-11(16)6-9-4-5-10(14)7-12(9)15/h4-5,7,11,17H,6,8H2,1-3H3. The summed E-state index contributed by atoms with van der Waals surface area (Å²) in [5.74, 6) is 0. The van der Waals surface area contributed by atoms with Crippen LogP contribution < -0.4 is 5.32 Å². The Balaban J connectivity index is 2.53. The molecule has 0 aliphatic rings. The Morgan fingerprint density at radius 1 is 1.29 bits per heavy atom. The van der Waals surface area contributed by atoms with Gasteiger partial charge in [-0.1, -0.05) is 29.3 Å². The first-order chi connectivity index (χ1) is 7.78. The first-order valence-electron chi connectivity index (χ1n) is 5.61. The van der Waals surface area contributed by atoms with Gasteiger partial charge in [0, 0.05) is 28.5 Å². The van der Waals surface area contributed by atoms with Crippen molar-refractivity contribution in [1.29, 1.82) is 0 Å². The lowest BCUT2D eigenvalue weighted by Gasteiger charge is -2.22. The van der Waals surface area contributed by atoms with Crippen LogP contribution in [0.25, 0.3) is 0 Å². The molecule has 0 heterocycles. The van der Waals surface area contributed by atoms with Crippen LogP contribution in [0, 0.1) is 0 Å². The van der Waals surface area contributed by atoms with Gasteiger partial charge in [-0.25, -0.2) is 4.39 Å². The topological polar surface area (TPSA) is 12.0 Å². The van der Waals surface area contributed by atoms with E-state index in [4.69, 9.17) is 23.2 Å². The molecule has 1 rings (SSSR count). The van der Waals surface area contributed by atoms with Crippen LogP contribution in [0.2, 0.25) is 10.0 Å². The molecule has 1 atom stereocenters. The summed E-state index contributed by atoms with van der Waals surface area (Å²) in [6, 6.07) is 5.14. The second-order valence-corrected chi connectivity index (χ2v) is 6.01. The van der Waals surface area contributed by atoms with E-state index in [2.05, 4.69) is 5.32 Å². The van der Waals surface area contributed by atoms with Gasteiger partial charge in [0.1, 0.15) is 6.17 Å². The van der Waals surface area contributed by atoms with Crippen molar-refractivity contribution in [2.75, 3.05) is 6.54 Å². The van der Waals surface area contributed by atoms with Crippen molar-refractivity contribution in [2.24, 2.45) is 0 Å². The van der Waals surface area contributed by atoms with Gasteiger partial charge in [0.25, 0.3) is 0 Å². The van der Waals surface area contributed by atoms with Crippen LogP contribution in [0.1, 0.15) is 26.3 Å². The van der Waals surface area contributed by atoms with Crippen LogP contribution in [0.5, 0.6) is 0 Å². The summed E-state index contributed by atoms with van der Waals surface area (Å²) in [5.41, 5.74) is 0.716. The van der Waals surface area contributed by atoms with Gasteiger partial charge in [-0.2, -0.15) is 0 Å². The molecule has 1 aromatic rings. The zero-order valence-electron chi connectivity index (χ0n) is 10.4. The molecule has 4 heteroatoms. The van der Waals surface area contributed by atoms with Gasteiger partial charge in [0.15, 0.2) is 0 Å². The van der Waals surface area contributed by atoms with Gasteiger partial charge in [0.2, 0.25) is 0 Å². The van der Waals surface area contributed by atoms with Crippen molar-refractivity contribution in [3.05, 3.63) is 33.8 Å². The molecule has 0 fully saturated rings. The first-order valence-corrected chi connectivity index (χ1v) is 6.36. The summed E-state index contributed by atoms with van der Waals surface area (Å²) in [5, 5.41) is 4.22. The molecule has 0 spiro atoms. The Morgan fingerprint density at radius 2 is 1.94 bits per heavy atom. The van der Waals surface area contributed by atoms with E-state index >= 15 is 0 Å². The third kappa shape index (κ3) is 5.71. The molecule has 0 amide bonds. The molecule has 1 unspecified atom stereocenters. The van der Waals surface area contributed by atoms with Crippen molar-refractivity contribution < 1.29 is 4.39 Å². The van der Waals surface area contributed by atoms with Gasteiger partial charge in [0.05, 0.1) is 0 Å². The van der Waals surface area contributed by atoms with E-state index in [1.54, 1.807) is 18.2 Å². The zero-order chi connectivity index (χ0) is 13.1. The minimum atomic E-state index is -0.951. The molecule has 1 aromatic carbocycles. The monoisotopic (exact) mass is 277 g/mol. The van der Waals surface area contributed by atoms with Gasteiger partial charge >= 0.3 is 0 Å². The Kier molecular flexibility index (Phi) is 5.23. The molecule has 1 N–H and O–H groups in total. The summed E-state index contributed by atoms with van der Waals surface area (Å²) >= 11 is 11.8. The lowest BCUT2D eigenvalue weighted by molar-refractivity contribution is 0.284. The van der Waals surface area contributed by atoms with Gasteiger partial charge < -0.3 is 5.32 Å². The fourth-order valence-electron chi connectivity index (χ4n) is 1.41. The number of halogens is 3. The van der Waals surface area contributed by atoms with Crippen LogP contribution in [0.4, 0.5) is 4.39 Å². The summed E-state index contributed by atoms with van der Waals surface area (Å²) in [4.78, 5) is 0. The van der Waals surface area contributed by atoms with E-state index in [9.17, 15) is 4.39 Å². The van der Waals surface area contributed by atoms with Crippen LogP contribution in [0.15, 0.2) is 18.2 Å². The highest BCUT2D eigenvalue weighted by atomic mass is 35.5. The predicted molar refractivity (Wildman–Crippen MR) is 72.8 cm³/mol. The fraction of sp³-hybridized carbons (Fsp3) is 0.538. The predicted octanol–water partition coefficient (Wildman–Crippen LogP) is 4.26. The maximum Gasteiger partial charge on any atom is 0.117 e. The smallest absolute Gasteiger partial charge is 0.117 e. The van der Waals surface area contributed by atoms with E-state index in [1.807, 2.05) is 20.8 Å². The van der Waals surface area contributed by atoms with Crippen molar-refractivity contribution in [1.82, 2.24) is 5.32 Å². The van der Waals surface area contributed by atoms with Crippen LogP contribution >= 0.6 is 23.2 Å². The van der Waals surface area contributed by atoms with E-state index in [0.29, 0.717) is 23.0 Å². The highest BCUT2D eigenvalue weighted by Gasteiger charge is 2.15. The number of nitrogens with one attached hydrogen (secondary N) is 1. The average molecular weight is 278 g/mol. The Labute approximate surface area is 112 Å². The van der Waals surface area contributed by atoms with Crippen molar-refractivity contribution >= 4 is 23.2 Å². The number of benzene rings is 1. The molecule has 17 heavy (non-hydrogen) atoms. The molecule has 0 bridgehead atoms. The number of alkyl halides is 1. The SMILES string of the molecule is CC(C)(C)NCC(F)Cc1ccc(Cl)cc1Cl. The van der Waals surface area contributed by atoms with Gasteiger partial charge in [-0.05, 0) is 38.5 Å². The molecule has 0 aliphatic heterocycles. The molecule has 0 aromatic heterocycles. The van der Waals surface area contributed by atoms with Gasteiger partial charge in [-0.15, -0.1) is 0 Å². The minimum Gasteiger partial charge on any atom is -0.309 e. The fourth-order valence-corrected chi connectivity index (χ4v) is 1.90. The summed E-state index contributed by atoms with van der Waals surface area (Å²) in [7, 11) is 0. The average Bonchev–Trinajstić information content (AvgIpc) is 2.18. The van der Waals surface area contributed by atoms with E-state index in [-0.39, 0.29) is 5.54 Å². The molecule has 0 aliphatic carbocycles. The summed E-state index contributed by atoms with van der Waals surface area (Å²) < 4.78 is 13.7. The molecule has 0 radical (unpaired) electrons. The largest absolute Gasteiger partial charge is 0.309 e. The van der Waals surface area contributed by atoms with Gasteiger partial charge in [-0.3, -0.25) is 0 Å². The Hall–Kier alpha value is -0.310. The maximum absolute atomic E-state index is 13.7. The first kappa shape index (κ1) is 14.7. The minimum absolute atomic E-state index is 0.0753. The second kappa shape index (κ2) is 6.03. The molecule has 1 nitrogen and oxygen atoms in total. The maximum atomic E-state index is 13.7. The van der Waals surface area contributed by atoms with Crippen molar-refractivity contribution in [3.8, 4) is 0 Å². The van der Waals surface area contributed by atoms with Crippen molar-refractivity contribution in [2.45, 2.75) is 38.9 Å². The lowest BCUT2D eigenvalue weighted by atomic mass is 10.1. The Bertz CT molecular complexity index is 374. The van der Waals surface area contributed by atoms with E-state index in [1.165, 1.54) is 0 Å². The molecule has 0 saturated heterocycles. The van der Waals surface area contributed by atoms with Crippen LogP contribution in [-0.4, -0.2) is 18.3 Å². The van der Waals surface area contributed by atoms with Crippen molar-refractivity contribution in [3.63, 3.8) is 0 Å². The quantitative estimate of drug-likeness (QED) is 0.867. The highest BCUT2D eigenvalue weighted by Crippen LogP contribution is 2.22. The Morgan fingerprint density at radius 3 is 2.47 bits per heavy atom. The molecular formula is C13H18Cl2FN. The second-order valence-electron chi connectivity index (χ2n) is 5.17. The van der Waals surface area contributed by atoms with E-state index in [0.717, 1.165) is 5.56 Å². The van der Waals surface area contributed by atoms with Crippen LogP contribution in [0.3, 0.4) is 0 Å². The van der Waals surface area contributed by atoms with Crippen LogP contribution in [-0.2, 0) is 6.42 Å². The zero-order valence-corrected chi connectivity index (χ0v) is 11.9. The molecule has 96 valence electrons. The number of hydrogen-bond donors (Lipinski definition) is 1. The molecular weight excluding hydrogens is 260 g/mol. The number of hydrogen-bond acceptors (Lipinski definition) is 1.